The van der Waals surface area contributed by atoms with Crippen molar-refractivity contribution < 1.29 is 9.53 Å². The zero-order chi connectivity index (χ0) is 23.7. The highest BCUT2D eigenvalue weighted by molar-refractivity contribution is 9.10. The van der Waals surface area contributed by atoms with Crippen molar-refractivity contribution >= 4 is 50.5 Å². The van der Waals surface area contributed by atoms with E-state index < -0.39 is 0 Å². The Morgan fingerprint density at radius 2 is 1.85 bits per heavy atom. The van der Waals surface area contributed by atoms with Crippen molar-refractivity contribution in [1.29, 1.82) is 0 Å². The summed E-state index contributed by atoms with van der Waals surface area (Å²) in [5, 5.41) is 14.7. The number of halogens is 2. The van der Waals surface area contributed by atoms with Crippen LogP contribution in [-0.4, -0.2) is 25.5 Å². The second-order valence-corrected chi connectivity index (χ2v) is 9.83. The van der Waals surface area contributed by atoms with Crippen LogP contribution in [-0.2, 0) is 13.3 Å². The van der Waals surface area contributed by atoms with Crippen molar-refractivity contribution in [2.75, 3.05) is 5.32 Å². The van der Waals surface area contributed by atoms with Crippen LogP contribution in [0.4, 0.5) is 5.69 Å². The number of hydrogen-bond acceptors (Lipinski definition) is 5. The van der Waals surface area contributed by atoms with Crippen LogP contribution in [0.3, 0.4) is 0 Å². The highest BCUT2D eigenvalue weighted by Crippen LogP contribution is 2.25. The van der Waals surface area contributed by atoms with Gasteiger partial charge in [0.05, 0.1) is 37.8 Å². The maximum atomic E-state index is 12.9. The first-order valence-electron chi connectivity index (χ1n) is 10.2. The van der Waals surface area contributed by atoms with Gasteiger partial charge in [-0.05, 0) is 73.3 Å². The van der Waals surface area contributed by atoms with Crippen molar-refractivity contribution in [1.82, 2.24) is 19.6 Å². The maximum absolute atomic E-state index is 12.9. The minimum absolute atomic E-state index is 0.173. The molecule has 0 saturated heterocycles. The van der Waals surface area contributed by atoms with Gasteiger partial charge in [0.25, 0.3) is 5.91 Å². The molecule has 1 amide bonds. The molecule has 3 aromatic heterocycles. The molecule has 7 nitrogen and oxygen atoms in total. The first-order valence-corrected chi connectivity index (χ1v) is 12.3. The highest BCUT2D eigenvalue weighted by Gasteiger charge is 2.18. The molecule has 0 radical (unpaired) electrons. The third-order valence-electron chi connectivity index (χ3n) is 5.26. The molecule has 33 heavy (non-hydrogen) atoms. The van der Waals surface area contributed by atoms with Crippen LogP contribution >= 0.6 is 38.9 Å². The number of nitrogens with one attached hydrogen (secondary N) is 1. The lowest BCUT2D eigenvalue weighted by atomic mass is 10.3. The minimum atomic E-state index is -0.173. The van der Waals surface area contributed by atoms with E-state index in [1.54, 1.807) is 12.1 Å². The Morgan fingerprint density at radius 3 is 2.55 bits per heavy atom. The standard InChI is InChI=1S/C23H23BrClN5O2S/c1-13-21(24)15(3)29(27-13)12-30-16(4)22(14(2)28-30)26-23(31)20-8-17(11-33-20)10-32-19-7-5-6-18(25)9-19/h5-9,11H,10,12H2,1-4H3,(H,26,31). The summed E-state index contributed by atoms with van der Waals surface area (Å²) in [6.45, 7) is 8.60. The molecule has 3 heterocycles. The Balaban J connectivity index is 1.44. The molecule has 0 atom stereocenters. The van der Waals surface area contributed by atoms with Crippen LogP contribution in [0.15, 0.2) is 40.2 Å². The molecule has 0 spiro atoms. The summed E-state index contributed by atoms with van der Waals surface area (Å²) in [6.07, 6.45) is 0. The number of ether oxygens (including phenoxy) is 1. The number of benzene rings is 1. The Kier molecular flexibility index (Phi) is 6.92. The fourth-order valence-electron chi connectivity index (χ4n) is 3.42. The first-order chi connectivity index (χ1) is 15.7. The lowest BCUT2D eigenvalue weighted by molar-refractivity contribution is 0.103. The quantitative estimate of drug-likeness (QED) is 0.302. The van der Waals surface area contributed by atoms with Crippen LogP contribution in [0.5, 0.6) is 5.75 Å². The molecule has 0 aliphatic carbocycles. The van der Waals surface area contributed by atoms with Gasteiger partial charge < -0.3 is 10.1 Å². The number of carbonyl (C=O) groups is 1. The summed E-state index contributed by atoms with van der Waals surface area (Å²) in [4.78, 5) is 13.5. The molecular formula is C23H23BrClN5O2S. The normalized spacial score (nSPS) is 11.1. The summed E-state index contributed by atoms with van der Waals surface area (Å²) in [7, 11) is 0. The molecule has 1 N–H and O–H groups in total. The lowest BCUT2D eigenvalue weighted by Gasteiger charge is -2.08. The fourth-order valence-corrected chi connectivity index (χ4v) is 4.68. The predicted octanol–water partition coefficient (Wildman–Crippen LogP) is 6.13. The summed E-state index contributed by atoms with van der Waals surface area (Å²) in [5.74, 6) is 0.515. The smallest absolute Gasteiger partial charge is 0.265 e. The van der Waals surface area contributed by atoms with Gasteiger partial charge >= 0.3 is 0 Å². The third-order valence-corrected chi connectivity index (χ3v) is 7.62. The first kappa shape index (κ1) is 23.5. The topological polar surface area (TPSA) is 74.0 Å². The van der Waals surface area contributed by atoms with E-state index in [2.05, 4.69) is 31.4 Å². The average Bonchev–Trinajstić information content (AvgIpc) is 3.43. The van der Waals surface area contributed by atoms with E-state index in [9.17, 15) is 4.79 Å². The van der Waals surface area contributed by atoms with Crippen molar-refractivity contribution in [2.24, 2.45) is 0 Å². The van der Waals surface area contributed by atoms with E-state index in [4.69, 9.17) is 16.3 Å². The third kappa shape index (κ3) is 5.15. The van der Waals surface area contributed by atoms with E-state index in [1.165, 1.54) is 11.3 Å². The number of aromatic nitrogens is 4. The van der Waals surface area contributed by atoms with Crippen LogP contribution in [0.1, 0.15) is 38.0 Å². The van der Waals surface area contributed by atoms with Gasteiger partial charge in [-0.2, -0.15) is 10.2 Å². The van der Waals surface area contributed by atoms with E-state index in [0.717, 1.165) is 32.8 Å². The molecule has 4 aromatic rings. The fraction of sp³-hybridized carbons (Fsp3) is 0.261. The number of rotatable bonds is 7. The summed E-state index contributed by atoms with van der Waals surface area (Å²) >= 11 is 10.9. The molecule has 0 aliphatic heterocycles. The second kappa shape index (κ2) is 9.70. The summed E-state index contributed by atoms with van der Waals surface area (Å²) in [5.41, 5.74) is 5.20. The highest BCUT2D eigenvalue weighted by atomic mass is 79.9. The average molecular weight is 549 g/mol. The van der Waals surface area contributed by atoms with Gasteiger partial charge in [0.1, 0.15) is 19.0 Å². The van der Waals surface area contributed by atoms with E-state index in [-0.39, 0.29) is 5.91 Å². The minimum Gasteiger partial charge on any atom is -0.489 e. The van der Waals surface area contributed by atoms with Crippen molar-refractivity contribution in [3.8, 4) is 5.75 Å². The Bertz CT molecular complexity index is 1330. The van der Waals surface area contributed by atoms with Crippen LogP contribution in [0.25, 0.3) is 0 Å². The van der Waals surface area contributed by atoms with Crippen molar-refractivity contribution in [2.45, 2.75) is 41.0 Å². The van der Waals surface area contributed by atoms with E-state index >= 15 is 0 Å². The predicted molar refractivity (Wildman–Crippen MR) is 135 cm³/mol. The second-order valence-electron chi connectivity index (χ2n) is 7.69. The molecule has 0 saturated carbocycles. The number of anilines is 1. The maximum Gasteiger partial charge on any atom is 0.265 e. The lowest BCUT2D eigenvalue weighted by Crippen LogP contribution is -2.15. The molecule has 0 fully saturated rings. The number of amides is 1. The van der Waals surface area contributed by atoms with Gasteiger partial charge in [0, 0.05) is 10.6 Å². The van der Waals surface area contributed by atoms with Gasteiger partial charge in [-0.15, -0.1) is 11.3 Å². The van der Waals surface area contributed by atoms with Gasteiger partial charge in [0.2, 0.25) is 0 Å². The van der Waals surface area contributed by atoms with Crippen molar-refractivity contribution in [3.05, 3.63) is 78.4 Å². The van der Waals surface area contributed by atoms with Gasteiger partial charge in [0.15, 0.2) is 0 Å². The molecule has 0 unspecified atom stereocenters. The Labute approximate surface area is 209 Å². The number of aryl methyl sites for hydroxylation is 2. The summed E-state index contributed by atoms with van der Waals surface area (Å²) in [6, 6.07) is 9.08. The van der Waals surface area contributed by atoms with Crippen LogP contribution < -0.4 is 10.1 Å². The SMILES string of the molecule is Cc1nn(Cn2nc(C)c(NC(=O)c3cc(COc4cccc(Cl)c4)cs3)c2C)c(C)c1Br. The Morgan fingerprint density at radius 1 is 1.12 bits per heavy atom. The van der Waals surface area contributed by atoms with Gasteiger partial charge in [-0.1, -0.05) is 17.7 Å². The van der Waals surface area contributed by atoms with Crippen molar-refractivity contribution in [3.63, 3.8) is 0 Å². The number of nitrogens with zero attached hydrogens (tertiary/aromatic N) is 4. The van der Waals surface area contributed by atoms with Gasteiger partial charge in [-0.3, -0.25) is 4.79 Å². The molecule has 0 bridgehead atoms. The number of hydrogen-bond donors (Lipinski definition) is 1. The molecule has 1 aromatic carbocycles. The number of thiophene rings is 1. The molecule has 4 rings (SSSR count). The van der Waals surface area contributed by atoms with Crippen LogP contribution in [0, 0.1) is 27.7 Å². The molecular weight excluding hydrogens is 526 g/mol. The molecule has 172 valence electrons. The molecule has 10 heteroatoms. The largest absolute Gasteiger partial charge is 0.489 e. The Hall–Kier alpha value is -2.62. The van der Waals surface area contributed by atoms with E-state index in [1.807, 2.05) is 60.6 Å². The zero-order valence-electron chi connectivity index (χ0n) is 18.6. The van der Waals surface area contributed by atoms with Gasteiger partial charge in [-0.25, -0.2) is 9.36 Å². The van der Waals surface area contributed by atoms with Crippen LogP contribution in [0.2, 0.25) is 5.02 Å². The van der Waals surface area contributed by atoms with E-state index in [0.29, 0.717) is 34.6 Å². The zero-order valence-corrected chi connectivity index (χ0v) is 21.8. The number of carbonyl (C=O) groups excluding carboxylic acids is 1. The monoisotopic (exact) mass is 547 g/mol. The summed E-state index contributed by atoms with van der Waals surface area (Å²) < 4.78 is 10.5. The molecule has 0 aliphatic rings.